The summed E-state index contributed by atoms with van der Waals surface area (Å²) in [6, 6.07) is 40.3. The quantitative estimate of drug-likeness (QED) is 0.131. The number of anilines is 1. The van der Waals surface area contributed by atoms with Crippen LogP contribution in [0.3, 0.4) is 0 Å². The zero-order valence-corrected chi connectivity index (χ0v) is 27.8. The van der Waals surface area contributed by atoms with Gasteiger partial charge >= 0.3 is 0 Å². The minimum absolute atomic E-state index is 0.187. The second kappa shape index (κ2) is 11.5. The highest BCUT2D eigenvalue weighted by Crippen LogP contribution is 2.74. The summed E-state index contributed by atoms with van der Waals surface area (Å²) < 4.78 is 11.0. The van der Waals surface area contributed by atoms with Crippen molar-refractivity contribution in [3.05, 3.63) is 161 Å². The molecule has 5 aromatic carbocycles. The summed E-state index contributed by atoms with van der Waals surface area (Å²) in [5, 5.41) is 0. The number of carbonyl (C=O) groups excluding carboxylic acids is 4. The summed E-state index contributed by atoms with van der Waals surface area (Å²) in [6.45, 7) is 1.45. The molecular weight excluding hydrogens is 626 g/mol. The Labute approximate surface area is 289 Å². The normalized spacial score (nSPS) is 23.7. The highest BCUT2D eigenvalue weighted by atomic mass is 16.5. The first-order valence-corrected chi connectivity index (χ1v) is 16.5. The fourth-order valence-electron chi connectivity index (χ4n) is 8.76. The van der Waals surface area contributed by atoms with Gasteiger partial charge in [-0.05, 0) is 76.7 Å². The number of methoxy groups -OCH3 is 2. The summed E-state index contributed by atoms with van der Waals surface area (Å²) in [7, 11) is 3.19. The van der Waals surface area contributed by atoms with Crippen molar-refractivity contribution in [2.45, 2.75) is 17.8 Å². The molecule has 2 aliphatic carbocycles. The Morgan fingerprint density at radius 2 is 1.02 bits per heavy atom. The first-order valence-electron chi connectivity index (χ1n) is 16.5. The average molecular weight is 660 g/mol. The smallest absolute Gasteiger partial charge is 0.239 e. The van der Waals surface area contributed by atoms with E-state index in [9.17, 15) is 4.79 Å². The van der Waals surface area contributed by atoms with Gasteiger partial charge in [-0.3, -0.25) is 19.2 Å². The van der Waals surface area contributed by atoms with E-state index >= 15 is 14.4 Å². The molecule has 0 unspecified atom stereocenters. The zero-order chi connectivity index (χ0) is 34.8. The Kier molecular flexibility index (Phi) is 7.19. The van der Waals surface area contributed by atoms with Crippen molar-refractivity contribution in [3.8, 4) is 11.5 Å². The molecule has 0 radical (unpaired) electrons. The van der Waals surface area contributed by atoms with Gasteiger partial charge in [0.2, 0.25) is 11.8 Å². The Morgan fingerprint density at radius 3 is 1.42 bits per heavy atom. The van der Waals surface area contributed by atoms with Crippen LogP contribution in [0.4, 0.5) is 5.69 Å². The first kappa shape index (κ1) is 31.2. The van der Waals surface area contributed by atoms with E-state index in [1.54, 1.807) is 38.5 Å². The van der Waals surface area contributed by atoms with Crippen molar-refractivity contribution >= 4 is 40.2 Å². The molecule has 7 heteroatoms. The molecule has 2 amide bonds. The maximum atomic E-state index is 16.1. The van der Waals surface area contributed by atoms with Crippen molar-refractivity contribution in [2.75, 3.05) is 19.1 Å². The molecule has 1 saturated carbocycles. The Morgan fingerprint density at radius 1 is 0.580 bits per heavy atom. The topological polar surface area (TPSA) is 90.0 Å². The van der Waals surface area contributed by atoms with Crippen LogP contribution in [0, 0.1) is 11.8 Å². The van der Waals surface area contributed by atoms with E-state index in [2.05, 4.69) is 0 Å². The molecule has 8 rings (SSSR count). The molecule has 7 nitrogen and oxygen atoms in total. The average Bonchev–Trinajstić information content (AvgIpc) is 3.67. The van der Waals surface area contributed by atoms with E-state index in [4.69, 9.17) is 9.47 Å². The number of rotatable bonds is 8. The van der Waals surface area contributed by atoms with Gasteiger partial charge in [-0.15, -0.1) is 0 Å². The summed E-state index contributed by atoms with van der Waals surface area (Å²) >= 11 is 0. The van der Waals surface area contributed by atoms with E-state index in [1.807, 2.05) is 109 Å². The van der Waals surface area contributed by atoms with E-state index in [0.29, 0.717) is 45.0 Å². The lowest BCUT2D eigenvalue weighted by Gasteiger charge is -2.39. The predicted octanol–water partition coefficient (Wildman–Crippen LogP) is 7.10. The van der Waals surface area contributed by atoms with Gasteiger partial charge in [0.25, 0.3) is 0 Å². The second-order valence-corrected chi connectivity index (χ2v) is 13.0. The van der Waals surface area contributed by atoms with E-state index in [1.165, 1.54) is 11.8 Å². The molecule has 5 aromatic rings. The fourth-order valence-corrected chi connectivity index (χ4v) is 8.76. The van der Waals surface area contributed by atoms with Gasteiger partial charge in [0.15, 0.2) is 11.6 Å². The molecule has 4 atom stereocenters. The third-order valence-corrected chi connectivity index (χ3v) is 10.7. The van der Waals surface area contributed by atoms with Gasteiger partial charge in [-0.1, -0.05) is 97.1 Å². The fraction of sp³-hybridized carbons (Fsp3) is 0.163. The minimum atomic E-state index is -1.55. The molecule has 1 aliphatic heterocycles. The van der Waals surface area contributed by atoms with E-state index in [-0.39, 0.29) is 11.6 Å². The summed E-state index contributed by atoms with van der Waals surface area (Å²) in [5.41, 5.74) is 1.67. The largest absolute Gasteiger partial charge is 0.497 e. The van der Waals surface area contributed by atoms with Crippen LogP contribution in [-0.2, 0) is 25.2 Å². The number of Topliss-reactive ketones (excluding diaryl/α,β-unsaturated/α-hetero) is 2. The van der Waals surface area contributed by atoms with Crippen LogP contribution < -0.4 is 14.4 Å². The zero-order valence-electron chi connectivity index (χ0n) is 27.8. The number of allylic oxidation sites excluding steroid dienone is 2. The number of ketones is 2. The van der Waals surface area contributed by atoms with Gasteiger partial charge in [-0.25, -0.2) is 4.90 Å². The summed E-state index contributed by atoms with van der Waals surface area (Å²) in [4.78, 5) is 60.1. The lowest BCUT2D eigenvalue weighted by Crippen LogP contribution is -2.45. The van der Waals surface area contributed by atoms with Crippen LogP contribution in [0.25, 0.3) is 11.1 Å². The van der Waals surface area contributed by atoms with Crippen molar-refractivity contribution in [3.63, 3.8) is 0 Å². The van der Waals surface area contributed by atoms with Gasteiger partial charge in [-0.2, -0.15) is 0 Å². The van der Waals surface area contributed by atoms with Gasteiger partial charge in [0, 0.05) is 5.56 Å². The molecule has 1 heterocycles. The molecule has 2 fully saturated rings. The summed E-state index contributed by atoms with van der Waals surface area (Å²) in [6.07, 6.45) is 0. The molecule has 50 heavy (non-hydrogen) atoms. The van der Waals surface area contributed by atoms with Crippen molar-refractivity contribution in [2.24, 2.45) is 11.8 Å². The molecule has 0 aromatic heterocycles. The van der Waals surface area contributed by atoms with Gasteiger partial charge in [0.05, 0.1) is 42.6 Å². The van der Waals surface area contributed by atoms with E-state index in [0.717, 1.165) is 11.1 Å². The van der Waals surface area contributed by atoms with Gasteiger partial charge < -0.3 is 9.47 Å². The minimum Gasteiger partial charge on any atom is -0.497 e. The standard InChI is InChI=1S/C43H33NO6/c1-26(45)29-11-10-16-32(25-29)44-39(46)37-38(40(44)47)43(31-14-8-5-9-15-31)36(28-19-23-34(50-3)24-20-28)35(27-17-21-33(49-2)22-18-27)42(37,41(43)48)30-12-6-4-7-13-30/h4-25,37-38H,1-3H3/t37-,38+,42+,43-. The Bertz CT molecular complexity index is 2100. The second-order valence-electron chi connectivity index (χ2n) is 13.0. The lowest BCUT2D eigenvalue weighted by molar-refractivity contribution is -0.130. The number of ether oxygens (including phenoxy) is 2. The first-order chi connectivity index (χ1) is 24.3. The van der Waals surface area contributed by atoms with Crippen LogP contribution in [0.5, 0.6) is 11.5 Å². The molecule has 2 bridgehead atoms. The number of fused-ring (bicyclic) bond motifs is 5. The summed E-state index contributed by atoms with van der Waals surface area (Å²) in [5.74, 6) is -2.23. The number of hydrogen-bond donors (Lipinski definition) is 0. The van der Waals surface area contributed by atoms with Crippen molar-refractivity contribution in [1.82, 2.24) is 0 Å². The van der Waals surface area contributed by atoms with Crippen LogP contribution >= 0.6 is 0 Å². The molecular formula is C43H33NO6. The third kappa shape index (κ3) is 4.03. The third-order valence-electron chi connectivity index (χ3n) is 10.7. The van der Waals surface area contributed by atoms with Crippen molar-refractivity contribution < 1.29 is 28.7 Å². The van der Waals surface area contributed by atoms with Crippen molar-refractivity contribution in [1.29, 1.82) is 0 Å². The highest BCUT2D eigenvalue weighted by Gasteiger charge is 2.82. The Balaban J connectivity index is 1.53. The molecule has 3 aliphatic rings. The van der Waals surface area contributed by atoms with Crippen LogP contribution in [0.15, 0.2) is 133 Å². The monoisotopic (exact) mass is 659 g/mol. The molecule has 0 spiro atoms. The number of amides is 2. The maximum Gasteiger partial charge on any atom is 0.239 e. The van der Waals surface area contributed by atoms with Gasteiger partial charge in [0.1, 0.15) is 11.5 Å². The van der Waals surface area contributed by atoms with Crippen LogP contribution in [0.2, 0.25) is 0 Å². The highest BCUT2D eigenvalue weighted by molar-refractivity contribution is 6.39. The molecule has 246 valence electrons. The SMILES string of the molecule is COc1ccc(C2=C(c3ccc(OC)cc3)[C@]3(c4ccccc4)C(=O)[C@@]2(c2ccccc2)[C@@H]2C(=O)N(c4cccc(C(C)=O)c4)C(=O)[C@@H]23)cc1. The Hall–Kier alpha value is -6.08. The maximum absolute atomic E-state index is 16.1. The predicted molar refractivity (Wildman–Crippen MR) is 190 cm³/mol. The lowest BCUT2D eigenvalue weighted by atomic mass is 9.59. The number of carbonyl (C=O) groups is 4. The number of benzene rings is 5. The number of imide groups is 1. The van der Waals surface area contributed by atoms with Crippen LogP contribution in [0.1, 0.15) is 39.5 Å². The number of nitrogens with zero attached hydrogens (tertiary/aromatic N) is 1. The molecule has 1 saturated heterocycles. The molecule has 0 N–H and O–H groups in total. The van der Waals surface area contributed by atoms with Crippen LogP contribution in [-0.4, -0.2) is 37.6 Å². The van der Waals surface area contributed by atoms with E-state index < -0.39 is 34.5 Å². The number of hydrogen-bond acceptors (Lipinski definition) is 6.